The first kappa shape index (κ1) is 22.4. The predicted octanol–water partition coefficient (Wildman–Crippen LogP) is 4.21. The lowest BCUT2D eigenvalue weighted by atomic mass is 10.1. The summed E-state index contributed by atoms with van der Waals surface area (Å²) in [6.07, 6.45) is 4.92. The van der Waals surface area contributed by atoms with Gasteiger partial charge in [0.2, 0.25) is 11.9 Å². The summed E-state index contributed by atoms with van der Waals surface area (Å²) in [4.78, 5) is 22.1. The Morgan fingerprint density at radius 3 is 2.61 bits per heavy atom. The second-order valence-electron chi connectivity index (χ2n) is 7.97. The van der Waals surface area contributed by atoms with Gasteiger partial charge in [0, 0.05) is 6.20 Å². The molecule has 0 bridgehead atoms. The van der Waals surface area contributed by atoms with Crippen molar-refractivity contribution in [2.24, 2.45) is 0 Å². The van der Waals surface area contributed by atoms with Gasteiger partial charge in [0.25, 0.3) is 5.91 Å². The van der Waals surface area contributed by atoms with Crippen molar-refractivity contribution in [2.45, 2.75) is 32.9 Å². The van der Waals surface area contributed by atoms with Crippen molar-refractivity contribution in [3.63, 3.8) is 0 Å². The number of morpholine rings is 1. The smallest absolute Gasteiger partial charge is 0.289 e. The van der Waals surface area contributed by atoms with Gasteiger partial charge in [-0.1, -0.05) is 6.07 Å². The summed E-state index contributed by atoms with van der Waals surface area (Å²) in [5.41, 5.74) is 2.71. The first-order chi connectivity index (χ1) is 15.7. The SMILES string of the molecule is COc1cc(C=C2O[C@@H](C)CN([C@@H](C)c3cc(F)nc(F)c3)C2=O)ccc1-n1cnc(C)c1. The molecule has 1 saturated heterocycles. The molecule has 1 amide bonds. The number of hydrogen-bond acceptors (Lipinski definition) is 5. The average molecular weight is 454 g/mol. The van der Waals surface area contributed by atoms with E-state index in [1.807, 2.05) is 36.7 Å². The van der Waals surface area contributed by atoms with Crippen LogP contribution in [0.5, 0.6) is 5.75 Å². The van der Waals surface area contributed by atoms with E-state index < -0.39 is 17.9 Å². The van der Waals surface area contributed by atoms with Crippen molar-refractivity contribution in [1.82, 2.24) is 19.4 Å². The number of methoxy groups -OCH3 is 1. The van der Waals surface area contributed by atoms with E-state index in [-0.39, 0.29) is 24.3 Å². The summed E-state index contributed by atoms with van der Waals surface area (Å²) in [5.74, 6) is -1.48. The predicted molar refractivity (Wildman–Crippen MR) is 118 cm³/mol. The zero-order valence-corrected chi connectivity index (χ0v) is 18.8. The molecule has 0 aliphatic carbocycles. The third-order valence-electron chi connectivity index (χ3n) is 5.48. The Bertz CT molecular complexity index is 1200. The van der Waals surface area contributed by atoms with Crippen LogP contribution in [0.4, 0.5) is 8.78 Å². The third-order valence-corrected chi connectivity index (χ3v) is 5.48. The number of rotatable bonds is 5. The van der Waals surface area contributed by atoms with Crippen molar-refractivity contribution < 1.29 is 23.0 Å². The van der Waals surface area contributed by atoms with Gasteiger partial charge in [-0.3, -0.25) is 4.79 Å². The van der Waals surface area contributed by atoms with Gasteiger partial charge >= 0.3 is 0 Å². The van der Waals surface area contributed by atoms with Crippen LogP contribution in [0, 0.1) is 18.8 Å². The Kier molecular flexibility index (Phi) is 6.13. The van der Waals surface area contributed by atoms with Crippen molar-refractivity contribution in [1.29, 1.82) is 0 Å². The topological polar surface area (TPSA) is 69.5 Å². The zero-order valence-electron chi connectivity index (χ0n) is 18.8. The van der Waals surface area contributed by atoms with Gasteiger partial charge in [0.15, 0.2) is 5.76 Å². The highest BCUT2D eigenvalue weighted by Gasteiger charge is 2.33. The van der Waals surface area contributed by atoms with E-state index in [0.717, 1.165) is 23.5 Å². The zero-order chi connectivity index (χ0) is 23.7. The summed E-state index contributed by atoms with van der Waals surface area (Å²) in [6, 6.07) is 7.21. The molecule has 9 heteroatoms. The minimum Gasteiger partial charge on any atom is -0.495 e. The van der Waals surface area contributed by atoms with Crippen molar-refractivity contribution in [3.8, 4) is 11.4 Å². The van der Waals surface area contributed by atoms with Crippen LogP contribution in [0.25, 0.3) is 11.8 Å². The Labute approximate surface area is 190 Å². The minimum atomic E-state index is -0.929. The Morgan fingerprint density at radius 1 is 1.24 bits per heavy atom. The molecule has 3 heterocycles. The minimum absolute atomic E-state index is 0.142. The Morgan fingerprint density at radius 2 is 1.97 bits per heavy atom. The normalized spacial score (nSPS) is 18.4. The molecule has 0 spiro atoms. The first-order valence-electron chi connectivity index (χ1n) is 10.5. The number of ether oxygens (including phenoxy) is 2. The van der Waals surface area contributed by atoms with Crippen LogP contribution >= 0.6 is 0 Å². The number of halogens is 2. The molecule has 1 aromatic carbocycles. The van der Waals surface area contributed by atoms with Crippen LogP contribution < -0.4 is 4.74 Å². The molecule has 0 N–H and O–H groups in total. The van der Waals surface area contributed by atoms with Crippen LogP contribution in [-0.4, -0.2) is 45.1 Å². The number of pyridine rings is 1. The van der Waals surface area contributed by atoms with E-state index in [1.165, 1.54) is 4.90 Å². The number of hydrogen-bond donors (Lipinski definition) is 0. The number of aryl methyl sites for hydroxylation is 1. The molecular formula is C24H24F2N4O3. The van der Waals surface area contributed by atoms with E-state index in [0.29, 0.717) is 16.9 Å². The summed E-state index contributed by atoms with van der Waals surface area (Å²) in [6.45, 7) is 5.73. The maximum absolute atomic E-state index is 13.6. The standard InChI is InChI=1S/C24H24F2N4O3/c1-14-11-29(13-27-14)19-6-5-17(7-20(19)32-4)8-21-24(31)30(12-15(2)33-21)16(3)18-9-22(25)28-23(26)10-18/h5-11,13,15-16H,12H2,1-4H3/t15-,16-/m0/s1. The van der Waals surface area contributed by atoms with Gasteiger partial charge < -0.3 is 18.9 Å². The van der Waals surface area contributed by atoms with Crippen molar-refractivity contribution in [3.05, 3.63) is 77.3 Å². The lowest BCUT2D eigenvalue weighted by Gasteiger charge is -2.37. The van der Waals surface area contributed by atoms with E-state index in [1.54, 1.807) is 32.5 Å². The van der Waals surface area contributed by atoms with Crippen LogP contribution in [0.2, 0.25) is 0 Å². The van der Waals surface area contributed by atoms with E-state index >= 15 is 0 Å². The fourth-order valence-corrected chi connectivity index (χ4v) is 3.84. The van der Waals surface area contributed by atoms with Crippen molar-refractivity contribution >= 4 is 12.0 Å². The second kappa shape index (κ2) is 9.01. The van der Waals surface area contributed by atoms with Crippen LogP contribution in [0.3, 0.4) is 0 Å². The number of imidazole rings is 1. The third kappa shape index (κ3) is 4.72. The molecule has 7 nitrogen and oxygen atoms in total. The highest BCUT2D eigenvalue weighted by Crippen LogP contribution is 2.30. The quantitative estimate of drug-likeness (QED) is 0.427. The molecule has 1 aliphatic rings. The molecule has 33 heavy (non-hydrogen) atoms. The molecule has 0 unspecified atom stereocenters. The Hall–Kier alpha value is -3.75. The first-order valence-corrected chi connectivity index (χ1v) is 10.5. The maximum atomic E-state index is 13.6. The molecule has 4 rings (SSSR count). The number of aromatic nitrogens is 3. The lowest BCUT2D eigenvalue weighted by molar-refractivity contribution is -0.141. The largest absolute Gasteiger partial charge is 0.495 e. The summed E-state index contributed by atoms with van der Waals surface area (Å²) >= 11 is 0. The maximum Gasteiger partial charge on any atom is 0.289 e. The number of nitrogens with zero attached hydrogens (tertiary/aromatic N) is 4. The van der Waals surface area contributed by atoms with E-state index in [9.17, 15) is 13.6 Å². The number of benzene rings is 1. The van der Waals surface area contributed by atoms with Crippen molar-refractivity contribution in [2.75, 3.05) is 13.7 Å². The monoisotopic (exact) mass is 454 g/mol. The highest BCUT2D eigenvalue weighted by molar-refractivity contribution is 5.96. The summed E-state index contributed by atoms with van der Waals surface area (Å²) in [5, 5.41) is 0. The van der Waals surface area contributed by atoms with Gasteiger partial charge in [-0.2, -0.15) is 13.8 Å². The Balaban J connectivity index is 1.64. The molecule has 0 saturated carbocycles. The summed E-state index contributed by atoms with van der Waals surface area (Å²) in [7, 11) is 1.57. The molecule has 172 valence electrons. The fraction of sp³-hybridized carbons (Fsp3) is 0.292. The summed E-state index contributed by atoms with van der Waals surface area (Å²) < 4.78 is 40.4. The van der Waals surface area contributed by atoms with Gasteiger partial charge in [0.05, 0.1) is 37.4 Å². The molecule has 1 fully saturated rings. The van der Waals surface area contributed by atoms with Crippen LogP contribution in [-0.2, 0) is 9.53 Å². The van der Waals surface area contributed by atoms with Gasteiger partial charge in [-0.15, -0.1) is 0 Å². The van der Waals surface area contributed by atoms with E-state index in [2.05, 4.69) is 9.97 Å². The van der Waals surface area contributed by atoms with Gasteiger partial charge in [-0.25, -0.2) is 4.98 Å². The number of carbonyl (C=O) groups is 1. The van der Waals surface area contributed by atoms with Gasteiger partial charge in [0.1, 0.15) is 11.9 Å². The van der Waals surface area contributed by atoms with E-state index in [4.69, 9.17) is 9.47 Å². The molecular weight excluding hydrogens is 430 g/mol. The van der Waals surface area contributed by atoms with Crippen LogP contribution in [0.1, 0.15) is 36.7 Å². The second-order valence-corrected chi connectivity index (χ2v) is 7.97. The highest BCUT2D eigenvalue weighted by atomic mass is 19.1. The lowest BCUT2D eigenvalue weighted by Crippen LogP contribution is -2.45. The number of amides is 1. The number of carbonyl (C=O) groups excluding carboxylic acids is 1. The molecule has 3 aromatic rings. The van der Waals surface area contributed by atoms with Gasteiger partial charge in [-0.05, 0) is 62.2 Å². The fourth-order valence-electron chi connectivity index (χ4n) is 3.84. The average Bonchev–Trinajstić information content (AvgIpc) is 3.20. The molecule has 1 aliphatic heterocycles. The van der Waals surface area contributed by atoms with Crippen LogP contribution in [0.15, 0.2) is 48.6 Å². The molecule has 2 aromatic heterocycles. The molecule has 2 atom stereocenters. The molecule has 0 radical (unpaired) electrons.